The zero-order valence-electron chi connectivity index (χ0n) is 14.1. The second-order valence-electron chi connectivity index (χ2n) is 6.39. The molecule has 4 heteroatoms. The number of benzene rings is 1. The summed E-state index contributed by atoms with van der Waals surface area (Å²) < 4.78 is 16.4. The molecule has 0 amide bonds. The van der Waals surface area contributed by atoms with Gasteiger partial charge in [0.1, 0.15) is 0 Å². The van der Waals surface area contributed by atoms with Gasteiger partial charge in [-0.1, -0.05) is 42.0 Å². The number of nitrogens with zero attached hydrogens (tertiary/aromatic N) is 1. The van der Waals surface area contributed by atoms with E-state index in [9.17, 15) is 0 Å². The average Bonchev–Trinajstić information content (AvgIpc) is 2.57. The van der Waals surface area contributed by atoms with Gasteiger partial charge >= 0.3 is 0 Å². The average molecular weight is 317 g/mol. The molecule has 0 N–H and O–H groups in total. The number of hydrogen-bond acceptors (Lipinski definition) is 4. The van der Waals surface area contributed by atoms with E-state index in [-0.39, 0.29) is 6.29 Å². The molecule has 1 fully saturated rings. The van der Waals surface area contributed by atoms with E-state index in [2.05, 4.69) is 41.3 Å². The summed E-state index contributed by atoms with van der Waals surface area (Å²) in [5.41, 5.74) is 2.90. The molecule has 2 aliphatic rings. The monoisotopic (exact) mass is 317 g/mol. The number of fused-ring (bicyclic) bond motifs is 2. The van der Waals surface area contributed by atoms with Crippen LogP contribution < -0.4 is 0 Å². The van der Waals surface area contributed by atoms with Crippen LogP contribution in [0.3, 0.4) is 0 Å². The minimum Gasteiger partial charge on any atom is -0.378 e. The highest BCUT2D eigenvalue weighted by Crippen LogP contribution is 2.31. The van der Waals surface area contributed by atoms with Crippen molar-refractivity contribution in [2.75, 3.05) is 27.4 Å². The Kier molecular flexibility index (Phi) is 5.84. The van der Waals surface area contributed by atoms with Crippen molar-refractivity contribution < 1.29 is 14.2 Å². The summed E-state index contributed by atoms with van der Waals surface area (Å²) in [6, 6.07) is 11.6. The molecule has 2 heterocycles. The molecule has 2 unspecified atom stereocenters. The molecule has 3 rings (SSSR count). The van der Waals surface area contributed by atoms with Crippen LogP contribution in [0.2, 0.25) is 0 Å². The lowest BCUT2D eigenvalue weighted by Crippen LogP contribution is -2.53. The number of methoxy groups -OCH3 is 2. The maximum absolute atomic E-state index is 5.79. The van der Waals surface area contributed by atoms with Gasteiger partial charge in [-0.15, -0.1) is 0 Å². The number of rotatable bonds is 7. The van der Waals surface area contributed by atoms with Crippen molar-refractivity contribution in [1.82, 2.24) is 4.90 Å². The first-order chi connectivity index (χ1) is 11.3. The third kappa shape index (κ3) is 4.21. The van der Waals surface area contributed by atoms with E-state index < -0.39 is 0 Å². The van der Waals surface area contributed by atoms with Crippen LogP contribution in [0.15, 0.2) is 42.0 Å². The first-order valence-electron chi connectivity index (χ1n) is 8.42. The first kappa shape index (κ1) is 16.7. The summed E-state index contributed by atoms with van der Waals surface area (Å²) in [5.74, 6) is 0. The van der Waals surface area contributed by atoms with Crippen LogP contribution in [-0.4, -0.2) is 50.7 Å². The summed E-state index contributed by atoms with van der Waals surface area (Å²) in [6.07, 6.45) is 5.34. The van der Waals surface area contributed by atoms with Gasteiger partial charge in [-0.3, -0.25) is 4.90 Å². The van der Waals surface area contributed by atoms with Gasteiger partial charge in [-0.25, -0.2) is 0 Å². The van der Waals surface area contributed by atoms with Crippen molar-refractivity contribution in [2.24, 2.45) is 0 Å². The van der Waals surface area contributed by atoms with Crippen LogP contribution in [0, 0.1) is 0 Å². The molecule has 0 saturated carbocycles. The molecule has 2 bridgehead atoms. The van der Waals surface area contributed by atoms with Gasteiger partial charge in [0.05, 0.1) is 19.3 Å². The van der Waals surface area contributed by atoms with E-state index in [4.69, 9.17) is 14.2 Å². The summed E-state index contributed by atoms with van der Waals surface area (Å²) in [6.45, 7) is 2.63. The van der Waals surface area contributed by atoms with Crippen LogP contribution in [0.1, 0.15) is 24.8 Å². The predicted octanol–water partition coefficient (Wildman–Crippen LogP) is 2.99. The largest absolute Gasteiger partial charge is 0.378 e. The minimum atomic E-state index is -0.102. The Labute approximate surface area is 139 Å². The van der Waals surface area contributed by atoms with Crippen LogP contribution in [-0.2, 0) is 20.8 Å². The quantitative estimate of drug-likeness (QED) is 0.571. The lowest BCUT2D eigenvalue weighted by molar-refractivity contribution is -0.106. The van der Waals surface area contributed by atoms with E-state index in [1.165, 1.54) is 11.1 Å². The molecule has 0 aromatic heterocycles. The first-order valence-corrected chi connectivity index (χ1v) is 8.42. The molecular weight excluding hydrogens is 290 g/mol. The lowest BCUT2D eigenvalue weighted by Gasteiger charge is -2.45. The van der Waals surface area contributed by atoms with Crippen LogP contribution in [0.25, 0.3) is 0 Å². The third-order valence-corrected chi connectivity index (χ3v) is 4.85. The van der Waals surface area contributed by atoms with E-state index in [1.54, 1.807) is 14.2 Å². The zero-order chi connectivity index (χ0) is 16.1. The lowest BCUT2D eigenvalue weighted by atomic mass is 9.91. The topological polar surface area (TPSA) is 30.9 Å². The van der Waals surface area contributed by atoms with E-state index in [1.807, 2.05) is 0 Å². The smallest absolute Gasteiger partial charge is 0.157 e. The molecule has 1 aromatic rings. The van der Waals surface area contributed by atoms with Crippen molar-refractivity contribution in [2.45, 2.75) is 44.2 Å². The van der Waals surface area contributed by atoms with Gasteiger partial charge in [0.2, 0.25) is 0 Å². The van der Waals surface area contributed by atoms with Crippen molar-refractivity contribution in [3.05, 3.63) is 47.5 Å². The zero-order valence-corrected chi connectivity index (χ0v) is 14.1. The third-order valence-electron chi connectivity index (χ3n) is 4.85. The Morgan fingerprint density at radius 1 is 1.17 bits per heavy atom. The Hall–Kier alpha value is -1.20. The van der Waals surface area contributed by atoms with E-state index >= 15 is 0 Å². The standard InChI is InChI=1S/C19H27NO3/c1-21-19(22-2)9-8-16-10-17-13-23-14-18(11-16)20(17)12-15-6-4-3-5-7-15/h3-7,10,17-19H,8-9,11-14H2,1-2H3. The normalized spacial score (nSPS) is 24.7. The highest BCUT2D eigenvalue weighted by atomic mass is 16.7. The van der Waals surface area contributed by atoms with Gasteiger partial charge < -0.3 is 14.2 Å². The van der Waals surface area contributed by atoms with Crippen LogP contribution in [0.5, 0.6) is 0 Å². The molecule has 0 spiro atoms. The molecule has 4 nitrogen and oxygen atoms in total. The molecule has 2 aliphatic heterocycles. The van der Waals surface area contributed by atoms with Crippen molar-refractivity contribution in [1.29, 1.82) is 0 Å². The maximum Gasteiger partial charge on any atom is 0.157 e. The second kappa shape index (κ2) is 8.06. The molecule has 1 aromatic carbocycles. The molecular formula is C19H27NO3. The van der Waals surface area contributed by atoms with Gasteiger partial charge in [0, 0.05) is 33.2 Å². The Morgan fingerprint density at radius 2 is 1.96 bits per heavy atom. The van der Waals surface area contributed by atoms with Crippen LogP contribution in [0.4, 0.5) is 0 Å². The fraction of sp³-hybridized carbons (Fsp3) is 0.579. The summed E-state index contributed by atoms with van der Waals surface area (Å²) in [5, 5.41) is 0. The van der Waals surface area contributed by atoms with E-state index in [0.29, 0.717) is 12.1 Å². The summed E-state index contributed by atoms with van der Waals surface area (Å²) in [4.78, 5) is 2.59. The van der Waals surface area contributed by atoms with Crippen molar-refractivity contribution >= 4 is 0 Å². The molecule has 1 saturated heterocycles. The van der Waals surface area contributed by atoms with Gasteiger partial charge in [-0.2, -0.15) is 0 Å². The summed E-state index contributed by atoms with van der Waals surface area (Å²) in [7, 11) is 3.40. The Bertz CT molecular complexity index is 513. The predicted molar refractivity (Wildman–Crippen MR) is 90.1 cm³/mol. The van der Waals surface area contributed by atoms with Crippen molar-refractivity contribution in [3.8, 4) is 0 Å². The Balaban J connectivity index is 1.64. The van der Waals surface area contributed by atoms with Crippen molar-refractivity contribution in [3.63, 3.8) is 0 Å². The van der Waals surface area contributed by atoms with Gasteiger partial charge in [0.25, 0.3) is 0 Å². The Morgan fingerprint density at radius 3 is 2.65 bits per heavy atom. The second-order valence-corrected chi connectivity index (χ2v) is 6.39. The highest BCUT2D eigenvalue weighted by Gasteiger charge is 2.34. The molecule has 126 valence electrons. The van der Waals surface area contributed by atoms with Gasteiger partial charge in [0.15, 0.2) is 6.29 Å². The van der Waals surface area contributed by atoms with Gasteiger partial charge in [-0.05, 0) is 18.4 Å². The molecule has 0 radical (unpaired) electrons. The summed E-state index contributed by atoms with van der Waals surface area (Å²) >= 11 is 0. The molecule has 23 heavy (non-hydrogen) atoms. The fourth-order valence-corrected chi connectivity index (χ4v) is 3.61. The van der Waals surface area contributed by atoms with E-state index in [0.717, 1.165) is 39.0 Å². The molecule has 0 aliphatic carbocycles. The maximum atomic E-state index is 5.79. The number of hydrogen-bond donors (Lipinski definition) is 0. The highest BCUT2D eigenvalue weighted by molar-refractivity contribution is 5.20. The SMILES string of the molecule is COC(CCC1=CC2COCC(C1)N2Cc1ccccc1)OC. The minimum absolute atomic E-state index is 0.102. The molecule has 2 atom stereocenters. The fourth-order valence-electron chi connectivity index (χ4n) is 3.61. The number of morpholine rings is 1. The number of ether oxygens (including phenoxy) is 3. The van der Waals surface area contributed by atoms with Crippen LogP contribution >= 0.6 is 0 Å².